The van der Waals surface area contributed by atoms with Gasteiger partial charge in [-0.2, -0.15) is 0 Å². The number of aliphatic hydroxyl groups is 1. The number of hydrogen-bond donors (Lipinski definition) is 2. The lowest BCUT2D eigenvalue weighted by atomic mass is 9.72. The zero-order chi connectivity index (χ0) is 15.4. The van der Waals surface area contributed by atoms with Crippen molar-refractivity contribution in [2.24, 2.45) is 11.1 Å². The fourth-order valence-corrected chi connectivity index (χ4v) is 2.54. The van der Waals surface area contributed by atoms with Gasteiger partial charge in [0.25, 0.3) is 0 Å². The van der Waals surface area contributed by atoms with Crippen LogP contribution in [0.2, 0.25) is 0 Å². The smallest absolute Gasteiger partial charge is 0.306 e. The van der Waals surface area contributed by atoms with E-state index in [2.05, 4.69) is 0 Å². The van der Waals surface area contributed by atoms with Gasteiger partial charge in [-0.1, -0.05) is 0 Å². The van der Waals surface area contributed by atoms with E-state index in [1.165, 1.54) is 0 Å². The molecule has 1 aliphatic heterocycles. The van der Waals surface area contributed by atoms with E-state index in [-0.39, 0.29) is 6.42 Å². The van der Waals surface area contributed by atoms with E-state index in [1.54, 1.807) is 20.8 Å². The third-order valence-corrected chi connectivity index (χ3v) is 3.47. The van der Waals surface area contributed by atoms with E-state index in [9.17, 15) is 14.7 Å². The first-order valence-electron chi connectivity index (χ1n) is 6.93. The van der Waals surface area contributed by atoms with E-state index in [0.29, 0.717) is 32.5 Å². The molecule has 2 atom stereocenters. The molecule has 1 aliphatic rings. The monoisotopic (exact) mass is 287 g/mol. The Kier molecular flexibility index (Phi) is 5.53. The van der Waals surface area contributed by atoms with Crippen LogP contribution in [0.3, 0.4) is 0 Å². The summed E-state index contributed by atoms with van der Waals surface area (Å²) in [6.07, 6.45) is 0.203. The first kappa shape index (κ1) is 16.9. The maximum atomic E-state index is 12.0. The summed E-state index contributed by atoms with van der Waals surface area (Å²) in [5, 5.41) is 10.1. The Balaban J connectivity index is 2.87. The Bertz CT molecular complexity index is 353. The largest absolute Gasteiger partial charge is 0.460 e. The lowest BCUT2D eigenvalue weighted by molar-refractivity contribution is -0.161. The highest BCUT2D eigenvalue weighted by atomic mass is 16.6. The maximum absolute atomic E-state index is 12.0. The molecular formula is C14H25NO5. The quantitative estimate of drug-likeness (QED) is 0.743. The summed E-state index contributed by atoms with van der Waals surface area (Å²) in [6.45, 7) is 6.28. The highest BCUT2D eigenvalue weighted by Crippen LogP contribution is 2.38. The van der Waals surface area contributed by atoms with Crippen LogP contribution in [-0.4, -0.2) is 41.9 Å². The lowest BCUT2D eigenvalue weighted by Crippen LogP contribution is -2.46. The van der Waals surface area contributed by atoms with Crippen LogP contribution in [0, 0.1) is 5.41 Å². The Labute approximate surface area is 119 Å². The molecule has 2 unspecified atom stereocenters. The summed E-state index contributed by atoms with van der Waals surface area (Å²) in [6, 6.07) is 0. The standard InChI is InChI=1S/C14H25NO5/c1-13(2,3)20-10(16)9-14(11(17)12(15)18)5-4-7-19-8-6-14/h11,17H,4-9H2,1-3H3,(H2,15,18). The van der Waals surface area contributed by atoms with E-state index in [0.717, 1.165) is 0 Å². The van der Waals surface area contributed by atoms with Gasteiger partial charge in [0.1, 0.15) is 11.7 Å². The minimum Gasteiger partial charge on any atom is -0.460 e. The molecule has 3 N–H and O–H groups in total. The van der Waals surface area contributed by atoms with Gasteiger partial charge in [-0.05, 0) is 40.0 Å². The molecule has 0 radical (unpaired) electrons. The molecule has 1 fully saturated rings. The molecule has 0 bridgehead atoms. The van der Waals surface area contributed by atoms with E-state index in [1.807, 2.05) is 0 Å². The number of nitrogens with two attached hydrogens (primary N) is 1. The molecule has 0 aromatic carbocycles. The Hall–Kier alpha value is -1.14. The summed E-state index contributed by atoms with van der Waals surface area (Å²) in [5.74, 6) is -1.24. The van der Waals surface area contributed by atoms with Crippen molar-refractivity contribution < 1.29 is 24.2 Å². The number of ether oxygens (including phenoxy) is 2. The molecule has 0 saturated carbocycles. The van der Waals surface area contributed by atoms with Crippen LogP contribution in [-0.2, 0) is 19.1 Å². The van der Waals surface area contributed by atoms with Crippen LogP contribution in [0.25, 0.3) is 0 Å². The highest BCUT2D eigenvalue weighted by molar-refractivity contribution is 5.81. The van der Waals surface area contributed by atoms with Gasteiger partial charge in [0.15, 0.2) is 0 Å². The average molecular weight is 287 g/mol. The topological polar surface area (TPSA) is 98.9 Å². The normalized spacial score (nSPS) is 25.6. The zero-order valence-corrected chi connectivity index (χ0v) is 12.5. The van der Waals surface area contributed by atoms with E-state index >= 15 is 0 Å². The molecule has 116 valence electrons. The van der Waals surface area contributed by atoms with Gasteiger partial charge in [0.2, 0.25) is 5.91 Å². The molecule has 1 saturated heterocycles. The predicted octanol–water partition coefficient (Wildman–Crippen LogP) is 0.751. The number of primary amides is 1. The van der Waals surface area contributed by atoms with Crippen molar-refractivity contribution in [3.8, 4) is 0 Å². The number of hydrogen-bond acceptors (Lipinski definition) is 5. The van der Waals surface area contributed by atoms with Crippen molar-refractivity contribution >= 4 is 11.9 Å². The second-order valence-electron chi connectivity index (χ2n) is 6.40. The number of esters is 1. The highest BCUT2D eigenvalue weighted by Gasteiger charge is 2.44. The molecule has 6 nitrogen and oxygen atoms in total. The molecule has 1 amide bonds. The summed E-state index contributed by atoms with van der Waals surface area (Å²) in [4.78, 5) is 23.4. The van der Waals surface area contributed by atoms with Crippen LogP contribution in [0.15, 0.2) is 0 Å². The van der Waals surface area contributed by atoms with E-state index in [4.69, 9.17) is 15.2 Å². The van der Waals surface area contributed by atoms with Crippen LogP contribution in [0.1, 0.15) is 46.5 Å². The molecule has 0 aromatic heterocycles. The third-order valence-electron chi connectivity index (χ3n) is 3.47. The molecule has 0 aliphatic carbocycles. The first-order valence-corrected chi connectivity index (χ1v) is 6.93. The number of carbonyl (C=O) groups is 2. The number of aliphatic hydroxyl groups excluding tert-OH is 1. The van der Waals surface area contributed by atoms with Crippen molar-refractivity contribution in [1.82, 2.24) is 0 Å². The number of rotatable bonds is 4. The SMILES string of the molecule is CC(C)(C)OC(=O)CC1(C(O)C(N)=O)CCCOCC1. The van der Waals surface area contributed by atoms with Crippen molar-refractivity contribution in [3.63, 3.8) is 0 Å². The maximum Gasteiger partial charge on any atom is 0.306 e. The van der Waals surface area contributed by atoms with Gasteiger partial charge in [-0.3, -0.25) is 9.59 Å². The van der Waals surface area contributed by atoms with Crippen LogP contribution < -0.4 is 5.73 Å². The average Bonchev–Trinajstić information content (AvgIpc) is 2.51. The fraction of sp³-hybridized carbons (Fsp3) is 0.857. The first-order chi connectivity index (χ1) is 9.16. The Morgan fingerprint density at radius 3 is 2.55 bits per heavy atom. The molecule has 0 aromatic rings. The van der Waals surface area contributed by atoms with Crippen LogP contribution in [0.5, 0.6) is 0 Å². The van der Waals surface area contributed by atoms with Crippen molar-refractivity contribution in [2.45, 2.75) is 58.2 Å². The second kappa shape index (κ2) is 6.54. The van der Waals surface area contributed by atoms with Crippen LogP contribution in [0.4, 0.5) is 0 Å². The molecular weight excluding hydrogens is 262 g/mol. The second-order valence-corrected chi connectivity index (χ2v) is 6.40. The van der Waals surface area contributed by atoms with Crippen molar-refractivity contribution in [3.05, 3.63) is 0 Å². The third kappa shape index (κ3) is 4.76. The summed E-state index contributed by atoms with van der Waals surface area (Å²) >= 11 is 0. The molecule has 1 rings (SSSR count). The van der Waals surface area contributed by atoms with Gasteiger partial charge in [-0.25, -0.2) is 0 Å². The molecule has 20 heavy (non-hydrogen) atoms. The number of amides is 1. The molecule has 6 heteroatoms. The fourth-order valence-electron chi connectivity index (χ4n) is 2.54. The van der Waals surface area contributed by atoms with E-state index < -0.39 is 29.0 Å². The minimum atomic E-state index is -1.36. The van der Waals surface area contributed by atoms with Crippen molar-refractivity contribution in [2.75, 3.05) is 13.2 Å². The summed E-state index contributed by atoms with van der Waals surface area (Å²) in [5.41, 5.74) is 3.74. The summed E-state index contributed by atoms with van der Waals surface area (Å²) < 4.78 is 10.6. The lowest BCUT2D eigenvalue weighted by Gasteiger charge is -2.35. The van der Waals surface area contributed by atoms with Gasteiger partial charge in [-0.15, -0.1) is 0 Å². The van der Waals surface area contributed by atoms with Crippen molar-refractivity contribution in [1.29, 1.82) is 0 Å². The predicted molar refractivity (Wildman–Crippen MR) is 72.8 cm³/mol. The minimum absolute atomic E-state index is 0.0300. The number of carbonyl (C=O) groups excluding carboxylic acids is 2. The van der Waals surface area contributed by atoms with Gasteiger partial charge >= 0.3 is 5.97 Å². The zero-order valence-electron chi connectivity index (χ0n) is 12.5. The Morgan fingerprint density at radius 1 is 1.35 bits per heavy atom. The van der Waals surface area contributed by atoms with Gasteiger partial charge in [0, 0.05) is 18.6 Å². The van der Waals surface area contributed by atoms with Gasteiger partial charge in [0.05, 0.1) is 6.42 Å². The van der Waals surface area contributed by atoms with Crippen LogP contribution >= 0.6 is 0 Å². The molecule has 1 heterocycles. The Morgan fingerprint density at radius 2 is 2.00 bits per heavy atom. The molecule has 0 spiro atoms. The summed E-state index contributed by atoms with van der Waals surface area (Å²) in [7, 11) is 0. The van der Waals surface area contributed by atoms with Gasteiger partial charge < -0.3 is 20.3 Å².